The molecule has 1 unspecified atom stereocenters. The number of rotatable bonds is 6. The van der Waals surface area contributed by atoms with E-state index in [0.29, 0.717) is 18.7 Å². The lowest BCUT2D eigenvalue weighted by Gasteiger charge is -2.27. The van der Waals surface area contributed by atoms with Crippen molar-refractivity contribution in [1.29, 1.82) is 0 Å². The van der Waals surface area contributed by atoms with Gasteiger partial charge in [0.1, 0.15) is 13.2 Å². The zero-order valence-electron chi connectivity index (χ0n) is 17.6. The van der Waals surface area contributed by atoms with E-state index in [9.17, 15) is 9.59 Å². The van der Waals surface area contributed by atoms with Gasteiger partial charge in [-0.05, 0) is 43.5 Å². The molecule has 0 N–H and O–H groups in total. The number of aryl methyl sites for hydroxylation is 1. The summed E-state index contributed by atoms with van der Waals surface area (Å²) in [6.07, 6.45) is -0.177. The van der Waals surface area contributed by atoms with Gasteiger partial charge in [0.25, 0.3) is 5.89 Å². The first-order valence-corrected chi connectivity index (χ1v) is 11.1. The van der Waals surface area contributed by atoms with E-state index in [4.69, 9.17) is 13.9 Å². The number of benzene rings is 1. The number of ketones is 1. The molecule has 8 nitrogen and oxygen atoms in total. The number of carbonyl (C=O) groups is 1. The van der Waals surface area contributed by atoms with Crippen LogP contribution in [0.4, 0.5) is 0 Å². The maximum absolute atomic E-state index is 13.0. The highest BCUT2D eigenvalue weighted by Crippen LogP contribution is 2.31. The Morgan fingerprint density at radius 3 is 2.78 bits per heavy atom. The predicted molar refractivity (Wildman–Crippen MR) is 119 cm³/mol. The van der Waals surface area contributed by atoms with Crippen LogP contribution in [-0.2, 0) is 13.1 Å². The second-order valence-electron chi connectivity index (χ2n) is 7.62. The first-order chi connectivity index (χ1) is 15.5. The molecule has 0 saturated carbocycles. The fraction of sp³-hybridized carbons (Fsp3) is 0.261. The molecule has 0 amide bonds. The highest BCUT2D eigenvalue weighted by atomic mass is 32.1. The van der Waals surface area contributed by atoms with Crippen LogP contribution in [0.25, 0.3) is 10.8 Å². The Labute approximate surface area is 187 Å². The summed E-state index contributed by atoms with van der Waals surface area (Å²) in [5, 5.41) is 6.04. The fourth-order valence-electron chi connectivity index (χ4n) is 3.85. The number of aromatic nitrogens is 3. The largest absolute Gasteiger partial charge is 0.486 e. The van der Waals surface area contributed by atoms with Crippen LogP contribution < -0.4 is 15.2 Å². The van der Waals surface area contributed by atoms with Crippen molar-refractivity contribution in [3.63, 3.8) is 0 Å². The van der Waals surface area contributed by atoms with Crippen molar-refractivity contribution in [1.82, 2.24) is 14.3 Å². The second-order valence-corrected chi connectivity index (χ2v) is 8.57. The standard InChI is InChI=1S/C23H21N3O5S/c1-14-10-17(18(27)12-26-23(28)31-22(24-26)21-8-5-9-32-21)15(2)25(14)11-16-13-29-19-6-3-4-7-20(19)30-16/h3-10,16H,11-13H2,1-2H3. The lowest BCUT2D eigenvalue weighted by Crippen LogP contribution is -2.33. The molecule has 32 heavy (non-hydrogen) atoms. The number of thiophene rings is 1. The lowest BCUT2D eigenvalue weighted by molar-refractivity contribution is 0.0777. The van der Waals surface area contributed by atoms with Gasteiger partial charge in [0, 0.05) is 17.0 Å². The Hall–Kier alpha value is -3.59. The van der Waals surface area contributed by atoms with Crippen molar-refractivity contribution in [3.8, 4) is 22.3 Å². The van der Waals surface area contributed by atoms with Crippen molar-refractivity contribution in [3.05, 3.63) is 75.3 Å². The Bertz CT molecular complexity index is 1330. The van der Waals surface area contributed by atoms with E-state index in [0.717, 1.165) is 32.4 Å². The minimum absolute atomic E-state index is 0.177. The van der Waals surface area contributed by atoms with Crippen LogP contribution in [-0.4, -0.2) is 32.8 Å². The van der Waals surface area contributed by atoms with Crippen molar-refractivity contribution >= 4 is 17.1 Å². The summed E-state index contributed by atoms with van der Waals surface area (Å²) in [5.41, 5.74) is 2.29. The summed E-state index contributed by atoms with van der Waals surface area (Å²) in [4.78, 5) is 25.9. The van der Waals surface area contributed by atoms with Gasteiger partial charge < -0.3 is 18.5 Å². The van der Waals surface area contributed by atoms with Crippen molar-refractivity contribution in [2.45, 2.75) is 33.0 Å². The lowest BCUT2D eigenvalue weighted by atomic mass is 10.1. The van der Waals surface area contributed by atoms with Gasteiger partial charge in [0.05, 0.1) is 11.4 Å². The monoisotopic (exact) mass is 451 g/mol. The molecular formula is C23H21N3O5S. The number of hydrogen-bond donors (Lipinski definition) is 0. The number of para-hydroxylation sites is 2. The fourth-order valence-corrected chi connectivity index (χ4v) is 4.49. The normalized spacial score (nSPS) is 15.1. The SMILES string of the molecule is Cc1cc(C(=O)Cn2nc(-c3cccs3)oc2=O)c(C)n1CC1COc2ccccc2O1. The molecule has 0 bridgehead atoms. The van der Waals surface area contributed by atoms with Gasteiger partial charge in [0.15, 0.2) is 23.4 Å². The highest BCUT2D eigenvalue weighted by molar-refractivity contribution is 7.13. The van der Waals surface area contributed by atoms with Gasteiger partial charge in [-0.1, -0.05) is 18.2 Å². The van der Waals surface area contributed by atoms with E-state index in [1.807, 2.05) is 66.3 Å². The zero-order valence-corrected chi connectivity index (χ0v) is 18.4. The van der Waals surface area contributed by atoms with Crippen molar-refractivity contribution in [2.24, 2.45) is 0 Å². The van der Waals surface area contributed by atoms with Crippen LogP contribution in [0, 0.1) is 13.8 Å². The van der Waals surface area contributed by atoms with E-state index in [1.165, 1.54) is 11.3 Å². The van der Waals surface area contributed by atoms with Gasteiger partial charge in [-0.25, -0.2) is 4.79 Å². The Kier molecular flexibility index (Phi) is 5.18. The van der Waals surface area contributed by atoms with Crippen LogP contribution >= 0.6 is 11.3 Å². The Balaban J connectivity index is 1.33. The zero-order chi connectivity index (χ0) is 22.2. The highest BCUT2D eigenvalue weighted by Gasteiger charge is 2.24. The molecule has 1 aliphatic heterocycles. The molecule has 1 atom stereocenters. The first kappa shape index (κ1) is 20.3. The quantitative estimate of drug-likeness (QED) is 0.415. The minimum Gasteiger partial charge on any atom is -0.486 e. The summed E-state index contributed by atoms with van der Waals surface area (Å²) in [5.74, 6) is 0.818. The second kappa shape index (κ2) is 8.16. The molecule has 3 aromatic heterocycles. The molecular weight excluding hydrogens is 430 g/mol. The maximum Gasteiger partial charge on any atom is 0.437 e. The Morgan fingerprint density at radius 2 is 2.00 bits per heavy atom. The third-order valence-corrected chi connectivity index (χ3v) is 6.32. The summed E-state index contributed by atoms with van der Waals surface area (Å²) in [7, 11) is 0. The third-order valence-electron chi connectivity index (χ3n) is 5.46. The maximum atomic E-state index is 13.0. The molecule has 9 heteroatoms. The average molecular weight is 452 g/mol. The van der Waals surface area contributed by atoms with Crippen LogP contribution in [0.15, 0.2) is 57.1 Å². The first-order valence-electron chi connectivity index (χ1n) is 10.2. The average Bonchev–Trinajstić information content (AvgIpc) is 3.51. The summed E-state index contributed by atoms with van der Waals surface area (Å²) >= 11 is 1.41. The van der Waals surface area contributed by atoms with Crippen LogP contribution in [0.1, 0.15) is 21.7 Å². The molecule has 0 spiro atoms. The topological polar surface area (TPSA) is 88.5 Å². The van der Waals surface area contributed by atoms with E-state index < -0.39 is 5.76 Å². The van der Waals surface area contributed by atoms with Crippen molar-refractivity contribution in [2.75, 3.05) is 6.61 Å². The molecule has 0 radical (unpaired) electrons. The molecule has 164 valence electrons. The van der Waals surface area contributed by atoms with Gasteiger partial charge >= 0.3 is 5.76 Å². The predicted octanol–water partition coefficient (Wildman–Crippen LogP) is 3.71. The van der Waals surface area contributed by atoms with Crippen LogP contribution in [0.5, 0.6) is 11.5 Å². The number of carbonyl (C=O) groups excluding carboxylic acids is 1. The molecule has 1 aliphatic rings. The number of fused-ring (bicyclic) bond motifs is 1. The summed E-state index contributed by atoms with van der Waals surface area (Å²) in [6.45, 7) is 4.62. The van der Waals surface area contributed by atoms with Gasteiger partial charge in [0.2, 0.25) is 0 Å². The van der Waals surface area contributed by atoms with E-state index in [1.54, 1.807) is 0 Å². The van der Waals surface area contributed by atoms with Gasteiger partial charge in [-0.3, -0.25) is 4.79 Å². The van der Waals surface area contributed by atoms with Crippen LogP contribution in [0.2, 0.25) is 0 Å². The molecule has 4 heterocycles. The van der Waals surface area contributed by atoms with Crippen molar-refractivity contribution < 1.29 is 18.7 Å². The number of Topliss-reactive ketones (excluding diaryl/α,β-unsaturated/α-hetero) is 1. The smallest absolute Gasteiger partial charge is 0.437 e. The number of hydrogen-bond acceptors (Lipinski definition) is 7. The number of ether oxygens (including phenoxy) is 2. The third kappa shape index (κ3) is 3.75. The molecule has 0 saturated heterocycles. The van der Waals surface area contributed by atoms with Gasteiger partial charge in [-0.15, -0.1) is 16.4 Å². The molecule has 5 rings (SSSR count). The van der Waals surface area contributed by atoms with E-state index >= 15 is 0 Å². The molecule has 0 aliphatic carbocycles. The molecule has 1 aromatic carbocycles. The summed E-state index contributed by atoms with van der Waals surface area (Å²) in [6, 6.07) is 13.1. The molecule has 4 aromatic rings. The number of nitrogens with zero attached hydrogens (tertiary/aromatic N) is 3. The summed E-state index contributed by atoms with van der Waals surface area (Å²) < 4.78 is 20.2. The molecule has 0 fully saturated rings. The van der Waals surface area contributed by atoms with E-state index in [2.05, 4.69) is 5.10 Å². The van der Waals surface area contributed by atoms with Gasteiger partial charge in [-0.2, -0.15) is 4.68 Å². The minimum atomic E-state index is -0.651. The van der Waals surface area contributed by atoms with E-state index in [-0.39, 0.29) is 24.3 Å². The van der Waals surface area contributed by atoms with Crippen LogP contribution in [0.3, 0.4) is 0 Å². The Morgan fingerprint density at radius 1 is 1.19 bits per heavy atom.